The number of amides is 1. The summed E-state index contributed by atoms with van der Waals surface area (Å²) in [5.74, 6) is -0.958. The second kappa shape index (κ2) is 7.00. The molecule has 148 valence electrons. The molecule has 27 heavy (non-hydrogen) atoms. The molecule has 3 atom stereocenters. The molecule has 9 heteroatoms. The summed E-state index contributed by atoms with van der Waals surface area (Å²) in [6, 6.07) is 4.27. The molecule has 2 aliphatic rings. The number of carbonyl (C=O) groups is 1. The van der Waals surface area contributed by atoms with Gasteiger partial charge in [-0.2, -0.15) is 0 Å². The molecule has 0 radical (unpaired) electrons. The number of aliphatic imine (C=N–C) groups is 1. The SMILES string of the molecule is CC(C)(C)OC(=O)NC1=N[C@](CF)(c2cc(Br)ccc2F)[C@@H]2C[C@]2(CO)S1. The molecule has 0 spiro atoms. The standard InChI is InChI=1S/C18H21BrF2N2O3S/c1-16(2,3)26-15(25)22-14-23-18(8-20,13-7-17(13,9-24)27-14)11-6-10(19)4-5-12(11)21/h4-6,13,24H,7-9H2,1-3H3,(H,22,23,25)/t13-,17-,18-/m1/s1. The predicted octanol–water partition coefficient (Wildman–Crippen LogP) is 4.13. The van der Waals surface area contributed by atoms with E-state index in [1.165, 1.54) is 30.0 Å². The third kappa shape index (κ3) is 3.86. The van der Waals surface area contributed by atoms with Gasteiger partial charge >= 0.3 is 6.09 Å². The zero-order chi connectivity index (χ0) is 20.0. The number of nitrogens with zero attached hydrogens (tertiary/aromatic N) is 1. The van der Waals surface area contributed by atoms with Gasteiger partial charge in [0.15, 0.2) is 5.17 Å². The number of halogens is 3. The third-order valence-corrected chi connectivity index (χ3v) is 6.54. The van der Waals surface area contributed by atoms with Crippen molar-refractivity contribution in [2.45, 2.75) is 43.1 Å². The van der Waals surface area contributed by atoms with Crippen LogP contribution in [0.15, 0.2) is 27.7 Å². The predicted molar refractivity (Wildman–Crippen MR) is 104 cm³/mol. The quantitative estimate of drug-likeness (QED) is 0.708. The molecule has 1 amide bonds. The Morgan fingerprint density at radius 1 is 1.52 bits per heavy atom. The van der Waals surface area contributed by atoms with Crippen LogP contribution in [0.4, 0.5) is 13.6 Å². The number of thioether (sulfide) groups is 1. The van der Waals surface area contributed by atoms with E-state index in [1.54, 1.807) is 20.8 Å². The maximum absolute atomic E-state index is 14.6. The van der Waals surface area contributed by atoms with Gasteiger partial charge in [-0.05, 0) is 45.4 Å². The summed E-state index contributed by atoms with van der Waals surface area (Å²) in [7, 11) is 0. The van der Waals surface area contributed by atoms with Crippen LogP contribution in [0.2, 0.25) is 0 Å². The lowest BCUT2D eigenvalue weighted by atomic mass is 9.85. The van der Waals surface area contributed by atoms with Gasteiger partial charge in [0.25, 0.3) is 0 Å². The van der Waals surface area contributed by atoms with Crippen molar-refractivity contribution in [3.05, 3.63) is 34.1 Å². The van der Waals surface area contributed by atoms with Crippen molar-refractivity contribution in [1.82, 2.24) is 5.32 Å². The zero-order valence-corrected chi connectivity index (χ0v) is 17.6. The van der Waals surface area contributed by atoms with E-state index in [0.29, 0.717) is 10.9 Å². The van der Waals surface area contributed by atoms with Crippen LogP contribution < -0.4 is 5.32 Å². The van der Waals surface area contributed by atoms with Crippen molar-refractivity contribution >= 4 is 39.0 Å². The van der Waals surface area contributed by atoms with Gasteiger partial charge in [-0.15, -0.1) is 0 Å². The van der Waals surface area contributed by atoms with Crippen molar-refractivity contribution < 1.29 is 23.4 Å². The van der Waals surface area contributed by atoms with E-state index in [0.717, 1.165) is 0 Å². The first-order chi connectivity index (χ1) is 12.5. The smallest absolute Gasteiger partial charge is 0.413 e. The maximum atomic E-state index is 14.6. The molecule has 2 N–H and O–H groups in total. The number of nitrogens with one attached hydrogen (secondary N) is 1. The largest absolute Gasteiger partial charge is 0.444 e. The molecule has 0 saturated heterocycles. The van der Waals surface area contributed by atoms with Crippen molar-refractivity contribution in [2.24, 2.45) is 10.9 Å². The van der Waals surface area contributed by atoms with Gasteiger partial charge in [-0.3, -0.25) is 5.32 Å². The number of fused-ring (bicyclic) bond motifs is 1. The Balaban J connectivity index is 2.01. The number of hydrogen-bond acceptors (Lipinski definition) is 5. The molecule has 1 aromatic carbocycles. The lowest BCUT2D eigenvalue weighted by molar-refractivity contribution is 0.0563. The average molecular weight is 463 g/mol. The first kappa shape index (κ1) is 20.5. The molecular weight excluding hydrogens is 442 g/mol. The Bertz CT molecular complexity index is 801. The average Bonchev–Trinajstić information content (AvgIpc) is 3.30. The second-order valence-electron chi connectivity index (χ2n) is 7.81. The molecule has 1 saturated carbocycles. The van der Waals surface area contributed by atoms with E-state index in [-0.39, 0.29) is 23.3 Å². The van der Waals surface area contributed by atoms with Crippen LogP contribution >= 0.6 is 27.7 Å². The minimum atomic E-state index is -1.51. The Labute approximate surface area is 169 Å². The van der Waals surface area contributed by atoms with Crippen LogP contribution in [0, 0.1) is 11.7 Å². The molecule has 0 aromatic heterocycles. The van der Waals surface area contributed by atoms with Crippen LogP contribution in [-0.4, -0.2) is 40.0 Å². The number of carbonyl (C=O) groups excluding carboxylic acids is 1. The summed E-state index contributed by atoms with van der Waals surface area (Å²) in [6.45, 7) is 3.98. The molecule has 0 unspecified atom stereocenters. The highest BCUT2D eigenvalue weighted by Gasteiger charge is 2.68. The number of benzene rings is 1. The summed E-state index contributed by atoms with van der Waals surface area (Å²) in [5.41, 5.74) is -2.12. The molecule has 1 heterocycles. The first-order valence-electron chi connectivity index (χ1n) is 8.46. The lowest BCUT2D eigenvalue weighted by Crippen LogP contribution is -2.44. The van der Waals surface area contributed by atoms with Gasteiger partial charge in [0.1, 0.15) is 23.6 Å². The van der Waals surface area contributed by atoms with E-state index in [9.17, 15) is 18.7 Å². The molecule has 1 aromatic rings. The minimum Gasteiger partial charge on any atom is -0.444 e. The van der Waals surface area contributed by atoms with E-state index in [2.05, 4.69) is 26.2 Å². The first-order valence-corrected chi connectivity index (χ1v) is 10.1. The Morgan fingerprint density at radius 3 is 2.81 bits per heavy atom. The van der Waals surface area contributed by atoms with Gasteiger partial charge in [0.2, 0.25) is 0 Å². The van der Waals surface area contributed by atoms with Crippen LogP contribution in [0.1, 0.15) is 32.8 Å². The van der Waals surface area contributed by atoms with E-state index in [4.69, 9.17) is 4.74 Å². The highest BCUT2D eigenvalue weighted by molar-refractivity contribution is 9.10. The maximum Gasteiger partial charge on any atom is 0.413 e. The molecule has 3 rings (SSSR count). The molecule has 1 aliphatic carbocycles. The van der Waals surface area contributed by atoms with Crippen LogP contribution in [-0.2, 0) is 10.3 Å². The molecule has 0 bridgehead atoms. The van der Waals surface area contributed by atoms with Crippen molar-refractivity contribution in [2.75, 3.05) is 13.3 Å². The summed E-state index contributed by atoms with van der Waals surface area (Å²) in [5, 5.41) is 12.5. The fourth-order valence-electron chi connectivity index (χ4n) is 3.40. The van der Waals surface area contributed by atoms with Crippen molar-refractivity contribution in [3.8, 4) is 0 Å². The number of alkyl carbamates (subject to hydrolysis) is 1. The Kier molecular flexibility index (Phi) is 5.33. The van der Waals surface area contributed by atoms with Crippen LogP contribution in [0.25, 0.3) is 0 Å². The number of rotatable bonds is 3. The van der Waals surface area contributed by atoms with Gasteiger partial charge < -0.3 is 9.84 Å². The minimum absolute atomic E-state index is 0.100. The second-order valence-corrected chi connectivity index (χ2v) is 10.1. The fraction of sp³-hybridized carbons (Fsp3) is 0.556. The number of amidine groups is 1. The zero-order valence-electron chi connectivity index (χ0n) is 15.2. The molecular formula is C18H21BrF2N2O3S. The van der Waals surface area contributed by atoms with Gasteiger partial charge in [-0.1, -0.05) is 27.7 Å². The summed E-state index contributed by atoms with van der Waals surface area (Å²) in [6.07, 6.45) is -0.268. The fourth-order valence-corrected chi connectivity index (χ4v) is 5.14. The van der Waals surface area contributed by atoms with E-state index < -0.39 is 34.5 Å². The van der Waals surface area contributed by atoms with E-state index >= 15 is 0 Å². The molecule has 1 fully saturated rings. The van der Waals surface area contributed by atoms with E-state index in [1.807, 2.05) is 0 Å². The van der Waals surface area contributed by atoms with Crippen molar-refractivity contribution in [3.63, 3.8) is 0 Å². The van der Waals surface area contributed by atoms with Gasteiger partial charge in [-0.25, -0.2) is 18.6 Å². The number of aliphatic hydroxyl groups excluding tert-OH is 1. The normalized spacial score (nSPS) is 29.6. The topological polar surface area (TPSA) is 70.9 Å². The van der Waals surface area contributed by atoms with Gasteiger partial charge in [0, 0.05) is 16.0 Å². The number of alkyl halides is 1. The highest BCUT2D eigenvalue weighted by atomic mass is 79.9. The third-order valence-electron chi connectivity index (χ3n) is 4.68. The summed E-state index contributed by atoms with van der Waals surface area (Å²) < 4.78 is 34.1. The monoisotopic (exact) mass is 462 g/mol. The summed E-state index contributed by atoms with van der Waals surface area (Å²) in [4.78, 5) is 16.5. The number of ether oxygens (including phenoxy) is 1. The van der Waals surface area contributed by atoms with Crippen molar-refractivity contribution in [1.29, 1.82) is 0 Å². The number of aliphatic hydroxyl groups is 1. The van der Waals surface area contributed by atoms with Crippen LogP contribution in [0.3, 0.4) is 0 Å². The molecule has 5 nitrogen and oxygen atoms in total. The van der Waals surface area contributed by atoms with Gasteiger partial charge in [0.05, 0.1) is 11.4 Å². The lowest BCUT2D eigenvalue weighted by Gasteiger charge is -2.35. The van der Waals surface area contributed by atoms with Crippen LogP contribution in [0.5, 0.6) is 0 Å². The summed E-state index contributed by atoms with van der Waals surface area (Å²) >= 11 is 4.46. The Hall–Kier alpha value is -1.19. The molecule has 1 aliphatic heterocycles. The highest BCUT2D eigenvalue weighted by Crippen LogP contribution is 2.66. The Morgan fingerprint density at radius 2 is 2.22 bits per heavy atom. The number of hydrogen-bond donors (Lipinski definition) is 2.